The van der Waals surface area contributed by atoms with Gasteiger partial charge in [-0.3, -0.25) is 4.79 Å². The van der Waals surface area contributed by atoms with Gasteiger partial charge in [0, 0.05) is 16.9 Å². The molecule has 0 saturated carbocycles. The van der Waals surface area contributed by atoms with E-state index in [4.69, 9.17) is 16.3 Å². The van der Waals surface area contributed by atoms with Crippen LogP contribution in [0.3, 0.4) is 0 Å². The molecule has 23 heavy (non-hydrogen) atoms. The number of ether oxygens (including phenoxy) is 1. The maximum Gasteiger partial charge on any atom is 0.258 e. The number of aromatic nitrogens is 2. The molecule has 0 fully saturated rings. The highest BCUT2D eigenvalue weighted by atomic mass is 79.9. The molecule has 0 saturated heterocycles. The molecule has 0 atom stereocenters. The number of hydrogen-bond acceptors (Lipinski definition) is 3. The lowest BCUT2D eigenvalue weighted by Crippen LogP contribution is -2.28. The first-order valence-electron chi connectivity index (χ1n) is 6.88. The summed E-state index contributed by atoms with van der Waals surface area (Å²) in [4.78, 5) is 16.2. The SMILES string of the molecule is O=C(COc1cccc(Br)c1)NCc1cn2cc(Cl)ccc2n1. The summed E-state index contributed by atoms with van der Waals surface area (Å²) in [6.07, 6.45) is 3.60. The lowest BCUT2D eigenvalue weighted by Gasteiger charge is -2.06. The van der Waals surface area contributed by atoms with E-state index in [1.807, 2.05) is 28.8 Å². The number of rotatable bonds is 5. The summed E-state index contributed by atoms with van der Waals surface area (Å²) in [5.41, 5.74) is 1.53. The van der Waals surface area contributed by atoms with Crippen molar-refractivity contribution < 1.29 is 9.53 Å². The number of hydrogen-bond donors (Lipinski definition) is 1. The molecule has 5 nitrogen and oxygen atoms in total. The van der Waals surface area contributed by atoms with Gasteiger partial charge in [-0.25, -0.2) is 4.98 Å². The number of carbonyl (C=O) groups is 1. The molecule has 0 aliphatic heterocycles. The molecule has 1 amide bonds. The monoisotopic (exact) mass is 393 g/mol. The number of nitrogens with one attached hydrogen (secondary N) is 1. The van der Waals surface area contributed by atoms with Crippen molar-refractivity contribution in [2.45, 2.75) is 6.54 Å². The maximum atomic E-state index is 11.8. The van der Waals surface area contributed by atoms with E-state index in [2.05, 4.69) is 26.2 Å². The molecule has 0 aliphatic rings. The third-order valence-corrected chi connectivity index (χ3v) is 3.81. The van der Waals surface area contributed by atoms with E-state index in [0.29, 0.717) is 17.3 Å². The van der Waals surface area contributed by atoms with Crippen LogP contribution in [0.2, 0.25) is 5.02 Å². The normalized spacial score (nSPS) is 10.7. The van der Waals surface area contributed by atoms with Crippen LogP contribution in [0.25, 0.3) is 5.65 Å². The third kappa shape index (κ3) is 4.24. The Kier molecular flexibility index (Phi) is 4.83. The van der Waals surface area contributed by atoms with E-state index in [1.54, 1.807) is 24.4 Å². The van der Waals surface area contributed by atoms with Crippen LogP contribution in [-0.4, -0.2) is 21.9 Å². The van der Waals surface area contributed by atoms with E-state index >= 15 is 0 Å². The second kappa shape index (κ2) is 7.02. The van der Waals surface area contributed by atoms with E-state index in [9.17, 15) is 4.79 Å². The maximum absolute atomic E-state index is 11.8. The molecule has 3 rings (SSSR count). The van der Waals surface area contributed by atoms with E-state index in [-0.39, 0.29) is 12.5 Å². The first-order valence-corrected chi connectivity index (χ1v) is 8.05. The zero-order valence-electron chi connectivity index (χ0n) is 12.0. The van der Waals surface area contributed by atoms with Crippen LogP contribution >= 0.6 is 27.5 Å². The predicted molar refractivity (Wildman–Crippen MR) is 91.7 cm³/mol. The Bertz CT molecular complexity index is 850. The van der Waals surface area contributed by atoms with E-state index in [0.717, 1.165) is 15.8 Å². The molecular formula is C16H13BrClN3O2. The van der Waals surface area contributed by atoms with Crippen LogP contribution in [-0.2, 0) is 11.3 Å². The van der Waals surface area contributed by atoms with Gasteiger partial charge in [0.05, 0.1) is 17.3 Å². The molecule has 7 heteroatoms. The zero-order chi connectivity index (χ0) is 16.2. The Morgan fingerprint density at radius 3 is 3.00 bits per heavy atom. The second-order valence-electron chi connectivity index (χ2n) is 4.87. The van der Waals surface area contributed by atoms with Crippen LogP contribution in [0.4, 0.5) is 0 Å². The second-order valence-corrected chi connectivity index (χ2v) is 6.22. The van der Waals surface area contributed by atoms with Crippen molar-refractivity contribution >= 4 is 39.1 Å². The molecule has 2 aromatic heterocycles. The minimum Gasteiger partial charge on any atom is -0.484 e. The molecule has 0 spiro atoms. The Balaban J connectivity index is 1.53. The fourth-order valence-corrected chi connectivity index (χ4v) is 2.59. The van der Waals surface area contributed by atoms with Gasteiger partial charge in [-0.05, 0) is 30.3 Å². The van der Waals surface area contributed by atoms with Crippen LogP contribution in [0.1, 0.15) is 5.69 Å². The molecule has 0 unspecified atom stereocenters. The number of amides is 1. The van der Waals surface area contributed by atoms with Crippen LogP contribution < -0.4 is 10.1 Å². The zero-order valence-corrected chi connectivity index (χ0v) is 14.3. The van der Waals surface area contributed by atoms with E-state index < -0.39 is 0 Å². The summed E-state index contributed by atoms with van der Waals surface area (Å²) in [7, 11) is 0. The van der Waals surface area contributed by atoms with Gasteiger partial charge in [0.2, 0.25) is 0 Å². The highest BCUT2D eigenvalue weighted by Crippen LogP contribution is 2.17. The molecule has 1 aromatic carbocycles. The first-order chi connectivity index (χ1) is 11.1. The predicted octanol–water partition coefficient (Wildman–Crippen LogP) is 3.45. The molecule has 118 valence electrons. The summed E-state index contributed by atoms with van der Waals surface area (Å²) >= 11 is 9.28. The number of carbonyl (C=O) groups excluding carboxylic acids is 1. The fourth-order valence-electron chi connectivity index (χ4n) is 2.05. The molecular weight excluding hydrogens is 382 g/mol. The quantitative estimate of drug-likeness (QED) is 0.721. The van der Waals surface area contributed by atoms with Crippen molar-refractivity contribution in [1.82, 2.24) is 14.7 Å². The van der Waals surface area contributed by atoms with Crippen molar-refractivity contribution in [2.75, 3.05) is 6.61 Å². The average molecular weight is 395 g/mol. The van der Waals surface area contributed by atoms with Gasteiger partial charge >= 0.3 is 0 Å². The summed E-state index contributed by atoms with van der Waals surface area (Å²) in [6, 6.07) is 10.9. The molecule has 0 radical (unpaired) electrons. The minimum absolute atomic E-state index is 0.0460. The average Bonchev–Trinajstić information content (AvgIpc) is 2.93. The molecule has 1 N–H and O–H groups in total. The highest BCUT2D eigenvalue weighted by Gasteiger charge is 2.06. The lowest BCUT2D eigenvalue weighted by molar-refractivity contribution is -0.123. The van der Waals surface area contributed by atoms with Gasteiger partial charge in [0.1, 0.15) is 11.4 Å². The molecule has 0 aliphatic carbocycles. The van der Waals surface area contributed by atoms with Gasteiger partial charge in [-0.1, -0.05) is 33.6 Å². The summed E-state index contributed by atoms with van der Waals surface area (Å²) in [6.45, 7) is 0.287. The summed E-state index contributed by atoms with van der Waals surface area (Å²) in [5.74, 6) is 0.428. The topological polar surface area (TPSA) is 55.6 Å². The largest absolute Gasteiger partial charge is 0.484 e. The highest BCUT2D eigenvalue weighted by molar-refractivity contribution is 9.10. The van der Waals surface area contributed by atoms with E-state index in [1.165, 1.54) is 0 Å². The number of fused-ring (bicyclic) bond motifs is 1. The number of imidazole rings is 1. The van der Waals surface area contributed by atoms with Gasteiger partial charge in [0.25, 0.3) is 5.91 Å². The Morgan fingerprint density at radius 1 is 1.30 bits per heavy atom. The molecule has 0 bridgehead atoms. The summed E-state index contributed by atoms with van der Waals surface area (Å²) in [5, 5.41) is 3.41. The van der Waals surface area contributed by atoms with Gasteiger partial charge in [0.15, 0.2) is 6.61 Å². The van der Waals surface area contributed by atoms with Gasteiger partial charge < -0.3 is 14.5 Å². The third-order valence-electron chi connectivity index (χ3n) is 3.10. The smallest absolute Gasteiger partial charge is 0.258 e. The standard InChI is InChI=1S/C16H13BrClN3O2/c17-11-2-1-3-14(6-11)23-10-16(22)19-7-13-9-21-8-12(18)4-5-15(21)20-13/h1-6,8-9H,7,10H2,(H,19,22). The van der Waals surface area contributed by atoms with Crippen molar-refractivity contribution in [3.05, 3.63) is 64.0 Å². The number of halogens is 2. The van der Waals surface area contributed by atoms with Crippen LogP contribution in [0.5, 0.6) is 5.75 Å². The van der Waals surface area contributed by atoms with Crippen molar-refractivity contribution in [3.63, 3.8) is 0 Å². The molecule has 3 aromatic rings. The molecule has 2 heterocycles. The van der Waals surface area contributed by atoms with Crippen LogP contribution in [0, 0.1) is 0 Å². The minimum atomic E-state index is -0.208. The Hall–Kier alpha value is -2.05. The van der Waals surface area contributed by atoms with Crippen molar-refractivity contribution in [2.24, 2.45) is 0 Å². The summed E-state index contributed by atoms with van der Waals surface area (Å²) < 4.78 is 8.15. The fraction of sp³-hybridized carbons (Fsp3) is 0.125. The number of pyridine rings is 1. The Labute approximate surface area is 146 Å². The van der Waals surface area contributed by atoms with Gasteiger partial charge in [-0.15, -0.1) is 0 Å². The lowest BCUT2D eigenvalue weighted by atomic mass is 10.3. The van der Waals surface area contributed by atoms with Gasteiger partial charge in [-0.2, -0.15) is 0 Å². The van der Waals surface area contributed by atoms with Crippen LogP contribution in [0.15, 0.2) is 53.3 Å². The van der Waals surface area contributed by atoms with Crippen molar-refractivity contribution in [3.8, 4) is 5.75 Å². The first kappa shape index (κ1) is 15.8. The van der Waals surface area contributed by atoms with Crippen molar-refractivity contribution in [1.29, 1.82) is 0 Å². The number of benzene rings is 1. The Morgan fingerprint density at radius 2 is 2.17 bits per heavy atom. The number of nitrogens with zero attached hydrogens (tertiary/aromatic N) is 2.